The summed E-state index contributed by atoms with van der Waals surface area (Å²) < 4.78 is 0. The van der Waals surface area contributed by atoms with E-state index < -0.39 is 11.0 Å². The number of nitro benzene ring substituents is 1. The van der Waals surface area contributed by atoms with E-state index in [1.807, 2.05) is 0 Å². The average molecular weight is 196 g/mol. The van der Waals surface area contributed by atoms with Crippen molar-refractivity contribution in [2.75, 3.05) is 5.32 Å². The number of nitro groups is 1. The zero-order chi connectivity index (χ0) is 10.7. The van der Waals surface area contributed by atoms with Crippen molar-refractivity contribution in [3.8, 4) is 0 Å². The van der Waals surface area contributed by atoms with Crippen LogP contribution in [0.1, 0.15) is 5.56 Å². The monoisotopic (exact) mass is 196 g/mol. The van der Waals surface area contributed by atoms with Crippen LogP contribution >= 0.6 is 0 Å². The Morgan fingerprint density at radius 2 is 2.21 bits per heavy atom. The molecule has 0 unspecified atom stereocenters. The molecule has 0 aliphatic carbocycles. The van der Waals surface area contributed by atoms with Crippen molar-refractivity contribution in [3.05, 3.63) is 33.9 Å². The fourth-order valence-electron chi connectivity index (χ4n) is 1.02. The largest absolute Gasteiger partial charge is 0.465 e. The SMILES string of the molecule is Cc1cc([N+](=O)[O-])ccc1NC(=O)O. The van der Waals surface area contributed by atoms with Crippen molar-refractivity contribution in [1.29, 1.82) is 0 Å². The van der Waals surface area contributed by atoms with E-state index in [1.165, 1.54) is 18.2 Å². The highest BCUT2D eigenvalue weighted by atomic mass is 16.6. The maximum Gasteiger partial charge on any atom is 0.409 e. The first-order chi connectivity index (χ1) is 6.50. The van der Waals surface area contributed by atoms with Gasteiger partial charge in [0.1, 0.15) is 0 Å². The molecule has 0 fully saturated rings. The van der Waals surface area contributed by atoms with E-state index >= 15 is 0 Å². The predicted octanol–water partition coefficient (Wildman–Crippen LogP) is 1.99. The van der Waals surface area contributed by atoms with Gasteiger partial charge in [-0.1, -0.05) is 0 Å². The van der Waals surface area contributed by atoms with Gasteiger partial charge >= 0.3 is 6.09 Å². The molecule has 0 radical (unpaired) electrons. The number of amides is 1. The normalized spacial score (nSPS) is 9.50. The fraction of sp³-hybridized carbons (Fsp3) is 0.125. The molecule has 0 saturated carbocycles. The molecule has 1 amide bonds. The number of aryl methyl sites for hydroxylation is 1. The van der Waals surface area contributed by atoms with E-state index in [4.69, 9.17) is 5.11 Å². The molecular weight excluding hydrogens is 188 g/mol. The zero-order valence-electron chi connectivity index (χ0n) is 7.35. The van der Waals surface area contributed by atoms with E-state index in [-0.39, 0.29) is 5.69 Å². The molecule has 0 aromatic heterocycles. The van der Waals surface area contributed by atoms with Crippen LogP contribution in [0, 0.1) is 17.0 Å². The third kappa shape index (κ3) is 2.19. The van der Waals surface area contributed by atoms with Gasteiger partial charge in [-0.2, -0.15) is 0 Å². The summed E-state index contributed by atoms with van der Waals surface area (Å²) in [6, 6.07) is 3.92. The highest BCUT2D eigenvalue weighted by Gasteiger charge is 2.08. The summed E-state index contributed by atoms with van der Waals surface area (Å²) in [5, 5.41) is 20.9. The van der Waals surface area contributed by atoms with Gasteiger partial charge in [0.15, 0.2) is 0 Å². The smallest absolute Gasteiger partial charge is 0.409 e. The summed E-state index contributed by atoms with van der Waals surface area (Å²) in [7, 11) is 0. The second kappa shape index (κ2) is 3.73. The molecule has 74 valence electrons. The molecule has 0 saturated heterocycles. The summed E-state index contributed by atoms with van der Waals surface area (Å²) in [6.07, 6.45) is -1.19. The molecule has 0 heterocycles. The number of hydrogen-bond acceptors (Lipinski definition) is 3. The van der Waals surface area contributed by atoms with Crippen molar-refractivity contribution in [2.45, 2.75) is 6.92 Å². The van der Waals surface area contributed by atoms with Crippen LogP contribution < -0.4 is 5.32 Å². The number of hydrogen-bond donors (Lipinski definition) is 2. The molecule has 14 heavy (non-hydrogen) atoms. The zero-order valence-corrected chi connectivity index (χ0v) is 7.35. The van der Waals surface area contributed by atoms with E-state index in [0.29, 0.717) is 11.3 Å². The van der Waals surface area contributed by atoms with Gasteiger partial charge in [-0.3, -0.25) is 15.4 Å². The lowest BCUT2D eigenvalue weighted by atomic mass is 10.2. The van der Waals surface area contributed by atoms with Crippen LogP contribution in [0.5, 0.6) is 0 Å². The van der Waals surface area contributed by atoms with Crippen LogP contribution in [0.3, 0.4) is 0 Å². The Bertz CT molecular complexity index is 389. The Morgan fingerprint density at radius 1 is 1.57 bits per heavy atom. The fourth-order valence-corrected chi connectivity index (χ4v) is 1.02. The number of non-ortho nitro benzene ring substituents is 1. The van der Waals surface area contributed by atoms with Crippen LogP contribution in [0.2, 0.25) is 0 Å². The van der Waals surface area contributed by atoms with Gasteiger partial charge in [-0.05, 0) is 18.6 Å². The molecule has 0 aliphatic rings. The Morgan fingerprint density at radius 3 is 2.64 bits per heavy atom. The first kappa shape index (κ1) is 9.97. The summed E-state index contributed by atoms with van der Waals surface area (Å²) in [5.74, 6) is 0. The van der Waals surface area contributed by atoms with Crippen molar-refractivity contribution >= 4 is 17.5 Å². The van der Waals surface area contributed by atoms with E-state index in [0.717, 1.165) is 0 Å². The maximum absolute atomic E-state index is 10.4. The minimum absolute atomic E-state index is 0.0570. The second-order valence-corrected chi connectivity index (χ2v) is 2.69. The number of carboxylic acid groups (broad SMARTS) is 1. The lowest BCUT2D eigenvalue weighted by Gasteiger charge is -2.03. The topological polar surface area (TPSA) is 92.5 Å². The summed E-state index contributed by atoms with van der Waals surface area (Å²) in [4.78, 5) is 20.1. The van der Waals surface area contributed by atoms with Gasteiger partial charge in [-0.25, -0.2) is 4.79 Å². The van der Waals surface area contributed by atoms with Gasteiger partial charge in [0.2, 0.25) is 0 Å². The van der Waals surface area contributed by atoms with Gasteiger partial charge in [-0.15, -0.1) is 0 Å². The molecule has 1 rings (SSSR count). The van der Waals surface area contributed by atoms with E-state index in [1.54, 1.807) is 6.92 Å². The van der Waals surface area contributed by atoms with Crippen LogP contribution in [0.25, 0.3) is 0 Å². The summed E-state index contributed by atoms with van der Waals surface area (Å²) >= 11 is 0. The first-order valence-corrected chi connectivity index (χ1v) is 3.75. The molecule has 1 aromatic carbocycles. The molecule has 2 N–H and O–H groups in total. The van der Waals surface area contributed by atoms with Crippen LogP contribution in [0.15, 0.2) is 18.2 Å². The highest BCUT2D eigenvalue weighted by Crippen LogP contribution is 2.20. The van der Waals surface area contributed by atoms with Gasteiger partial charge < -0.3 is 5.11 Å². The van der Waals surface area contributed by atoms with E-state index in [2.05, 4.69) is 5.32 Å². The van der Waals surface area contributed by atoms with Crippen LogP contribution in [0.4, 0.5) is 16.2 Å². The summed E-state index contributed by atoms with van der Waals surface area (Å²) in [6.45, 7) is 1.60. The number of anilines is 1. The number of rotatable bonds is 2. The Balaban J connectivity index is 3.01. The quantitative estimate of drug-likeness (QED) is 0.558. The van der Waals surface area contributed by atoms with E-state index in [9.17, 15) is 14.9 Å². The van der Waals surface area contributed by atoms with Crippen molar-refractivity contribution in [1.82, 2.24) is 0 Å². The Labute approximate surface area is 79.3 Å². The second-order valence-electron chi connectivity index (χ2n) is 2.69. The average Bonchev–Trinajstić information content (AvgIpc) is 2.07. The number of benzene rings is 1. The highest BCUT2D eigenvalue weighted by molar-refractivity contribution is 5.84. The molecular formula is C8H8N2O4. The minimum Gasteiger partial charge on any atom is -0.465 e. The first-order valence-electron chi connectivity index (χ1n) is 3.75. The molecule has 0 atom stereocenters. The van der Waals surface area contributed by atoms with Crippen LogP contribution in [-0.4, -0.2) is 16.1 Å². The van der Waals surface area contributed by atoms with Gasteiger partial charge in [0.05, 0.1) is 4.92 Å². The maximum atomic E-state index is 10.4. The standard InChI is InChI=1S/C8H8N2O4/c1-5-4-6(10(13)14)2-3-7(5)9-8(11)12/h2-4,9H,1H3,(H,11,12). The lowest BCUT2D eigenvalue weighted by Crippen LogP contribution is -2.08. The number of nitrogens with one attached hydrogen (secondary N) is 1. The third-order valence-electron chi connectivity index (χ3n) is 1.66. The van der Waals surface area contributed by atoms with Crippen LogP contribution in [-0.2, 0) is 0 Å². The van der Waals surface area contributed by atoms with Crippen molar-refractivity contribution in [2.24, 2.45) is 0 Å². The number of carbonyl (C=O) groups is 1. The van der Waals surface area contributed by atoms with Crippen molar-refractivity contribution < 1.29 is 14.8 Å². The molecule has 6 nitrogen and oxygen atoms in total. The molecule has 6 heteroatoms. The molecule has 0 spiro atoms. The van der Waals surface area contributed by atoms with Gasteiger partial charge in [0, 0.05) is 17.8 Å². The predicted molar refractivity (Wildman–Crippen MR) is 49.5 cm³/mol. The Kier molecular flexibility index (Phi) is 2.66. The molecule has 0 aliphatic heterocycles. The Hall–Kier alpha value is -2.11. The lowest BCUT2D eigenvalue weighted by molar-refractivity contribution is -0.384. The third-order valence-corrected chi connectivity index (χ3v) is 1.66. The number of nitrogens with zero attached hydrogens (tertiary/aromatic N) is 1. The summed E-state index contributed by atoms with van der Waals surface area (Å²) in [5.41, 5.74) is 0.808. The molecule has 1 aromatic rings. The van der Waals surface area contributed by atoms with Gasteiger partial charge in [0.25, 0.3) is 5.69 Å². The van der Waals surface area contributed by atoms with Crippen molar-refractivity contribution in [3.63, 3.8) is 0 Å². The minimum atomic E-state index is -1.19. The molecule has 0 bridgehead atoms.